The summed E-state index contributed by atoms with van der Waals surface area (Å²) in [6.07, 6.45) is 1.37. The SMILES string of the molecule is O=C1C=C(c2cc(Cl)ccc2-n2cc(Cl)nn2)C(O)O1. The van der Waals surface area contributed by atoms with Crippen molar-refractivity contribution in [2.24, 2.45) is 0 Å². The molecule has 3 rings (SSSR count). The van der Waals surface area contributed by atoms with Crippen LogP contribution in [0, 0.1) is 0 Å². The number of benzene rings is 1. The first-order valence-electron chi connectivity index (χ1n) is 5.53. The maximum absolute atomic E-state index is 11.2. The van der Waals surface area contributed by atoms with E-state index in [1.54, 1.807) is 18.2 Å². The van der Waals surface area contributed by atoms with Gasteiger partial charge in [-0.25, -0.2) is 9.48 Å². The molecule has 6 nitrogen and oxygen atoms in total. The highest BCUT2D eigenvalue weighted by Gasteiger charge is 2.27. The number of cyclic esters (lactones) is 1. The van der Waals surface area contributed by atoms with Gasteiger partial charge in [-0.3, -0.25) is 0 Å². The van der Waals surface area contributed by atoms with Crippen LogP contribution in [0.25, 0.3) is 11.3 Å². The summed E-state index contributed by atoms with van der Waals surface area (Å²) in [7, 11) is 0. The number of aliphatic hydroxyl groups excluding tert-OH is 1. The molecule has 1 aliphatic heterocycles. The molecule has 8 heteroatoms. The minimum atomic E-state index is -1.33. The lowest BCUT2D eigenvalue weighted by Crippen LogP contribution is -2.11. The second kappa shape index (κ2) is 4.90. The Hall–Kier alpha value is -1.89. The van der Waals surface area contributed by atoms with Crippen LogP contribution in [0.2, 0.25) is 10.2 Å². The summed E-state index contributed by atoms with van der Waals surface area (Å²) >= 11 is 11.7. The molecule has 2 heterocycles. The van der Waals surface area contributed by atoms with Gasteiger partial charge in [-0.1, -0.05) is 28.4 Å². The van der Waals surface area contributed by atoms with Crippen molar-refractivity contribution in [1.29, 1.82) is 0 Å². The van der Waals surface area contributed by atoms with Crippen LogP contribution < -0.4 is 0 Å². The van der Waals surface area contributed by atoms with Crippen LogP contribution in [0.3, 0.4) is 0 Å². The molecule has 0 saturated carbocycles. The van der Waals surface area contributed by atoms with E-state index in [1.807, 2.05) is 0 Å². The van der Waals surface area contributed by atoms with Gasteiger partial charge in [0.05, 0.1) is 11.9 Å². The average Bonchev–Trinajstić information content (AvgIpc) is 2.95. The number of nitrogens with zero attached hydrogens (tertiary/aromatic N) is 3. The molecule has 1 atom stereocenters. The van der Waals surface area contributed by atoms with E-state index in [9.17, 15) is 9.90 Å². The van der Waals surface area contributed by atoms with Gasteiger partial charge in [0, 0.05) is 22.2 Å². The van der Waals surface area contributed by atoms with Crippen LogP contribution in [-0.4, -0.2) is 32.4 Å². The molecule has 1 unspecified atom stereocenters. The fourth-order valence-electron chi connectivity index (χ4n) is 1.92. The Morgan fingerprint density at radius 3 is 2.75 bits per heavy atom. The van der Waals surface area contributed by atoms with Crippen molar-refractivity contribution in [1.82, 2.24) is 15.0 Å². The molecule has 0 bridgehead atoms. The number of halogens is 2. The Kier molecular flexibility index (Phi) is 3.21. The molecule has 2 aromatic rings. The number of hydrogen-bond acceptors (Lipinski definition) is 5. The molecule has 0 radical (unpaired) electrons. The zero-order chi connectivity index (χ0) is 14.3. The molecule has 0 amide bonds. The van der Waals surface area contributed by atoms with Gasteiger partial charge in [0.25, 0.3) is 0 Å². The highest BCUT2D eigenvalue weighted by atomic mass is 35.5. The summed E-state index contributed by atoms with van der Waals surface area (Å²) in [6.45, 7) is 0. The first-order valence-corrected chi connectivity index (χ1v) is 6.28. The van der Waals surface area contributed by atoms with Crippen molar-refractivity contribution in [3.8, 4) is 5.69 Å². The summed E-state index contributed by atoms with van der Waals surface area (Å²) in [4.78, 5) is 11.2. The van der Waals surface area contributed by atoms with Crippen molar-refractivity contribution in [3.05, 3.63) is 46.2 Å². The number of ether oxygens (including phenoxy) is 1. The van der Waals surface area contributed by atoms with E-state index in [2.05, 4.69) is 15.0 Å². The van der Waals surface area contributed by atoms with Crippen LogP contribution >= 0.6 is 23.2 Å². The van der Waals surface area contributed by atoms with E-state index in [0.717, 1.165) is 0 Å². The van der Waals surface area contributed by atoms with E-state index in [4.69, 9.17) is 23.2 Å². The van der Waals surface area contributed by atoms with Crippen molar-refractivity contribution in [2.45, 2.75) is 6.29 Å². The van der Waals surface area contributed by atoms with Gasteiger partial charge in [0.15, 0.2) is 5.15 Å². The second-order valence-electron chi connectivity index (χ2n) is 4.04. The molecular weight excluding hydrogens is 305 g/mol. The van der Waals surface area contributed by atoms with Crippen LogP contribution in [-0.2, 0) is 9.53 Å². The lowest BCUT2D eigenvalue weighted by atomic mass is 10.0. The van der Waals surface area contributed by atoms with Crippen LogP contribution in [0.5, 0.6) is 0 Å². The number of carbonyl (C=O) groups excluding carboxylic acids is 1. The van der Waals surface area contributed by atoms with Gasteiger partial charge in [0.2, 0.25) is 6.29 Å². The van der Waals surface area contributed by atoms with Crippen molar-refractivity contribution in [2.75, 3.05) is 0 Å². The molecular formula is C12H7Cl2N3O3. The number of esters is 1. The van der Waals surface area contributed by atoms with Gasteiger partial charge in [-0.05, 0) is 18.2 Å². The predicted octanol–water partition coefficient (Wildman–Crippen LogP) is 1.83. The first-order chi connectivity index (χ1) is 9.54. The largest absolute Gasteiger partial charge is 0.428 e. The standard InChI is InChI=1S/C12H7Cl2N3O3/c13-6-1-2-9(17-5-10(14)15-16-17)7(3-6)8-4-11(18)20-12(8)19/h1-5,12,19H. The Balaban J connectivity index is 2.17. The molecule has 20 heavy (non-hydrogen) atoms. The number of carbonyl (C=O) groups is 1. The third kappa shape index (κ3) is 2.29. The fourth-order valence-corrected chi connectivity index (χ4v) is 2.22. The molecule has 1 aromatic heterocycles. The minimum Gasteiger partial charge on any atom is -0.428 e. The van der Waals surface area contributed by atoms with Crippen molar-refractivity contribution in [3.63, 3.8) is 0 Å². The number of rotatable bonds is 2. The quantitative estimate of drug-likeness (QED) is 0.856. The van der Waals surface area contributed by atoms with Crippen LogP contribution in [0.1, 0.15) is 5.56 Å². The summed E-state index contributed by atoms with van der Waals surface area (Å²) in [5, 5.41) is 18.0. The van der Waals surface area contributed by atoms with Gasteiger partial charge >= 0.3 is 5.97 Å². The molecule has 102 valence electrons. The number of aromatic nitrogens is 3. The molecule has 0 aliphatic carbocycles. The predicted molar refractivity (Wildman–Crippen MR) is 71.5 cm³/mol. The molecule has 0 fully saturated rings. The highest BCUT2D eigenvalue weighted by Crippen LogP contribution is 2.31. The molecule has 1 aliphatic rings. The lowest BCUT2D eigenvalue weighted by Gasteiger charge is -2.12. The summed E-state index contributed by atoms with van der Waals surface area (Å²) in [5.41, 5.74) is 1.38. The van der Waals surface area contributed by atoms with E-state index < -0.39 is 12.3 Å². The monoisotopic (exact) mass is 311 g/mol. The zero-order valence-electron chi connectivity index (χ0n) is 9.83. The maximum atomic E-state index is 11.2. The topological polar surface area (TPSA) is 77.2 Å². The number of aliphatic hydroxyl groups is 1. The summed E-state index contributed by atoms with van der Waals surface area (Å²) < 4.78 is 6.09. The normalized spacial score (nSPS) is 18.1. The third-order valence-corrected chi connectivity index (χ3v) is 3.16. The van der Waals surface area contributed by atoms with E-state index >= 15 is 0 Å². The molecule has 0 saturated heterocycles. The Labute approximate surface area is 123 Å². The maximum Gasteiger partial charge on any atom is 0.333 e. The van der Waals surface area contributed by atoms with Gasteiger partial charge in [0.1, 0.15) is 0 Å². The summed E-state index contributed by atoms with van der Waals surface area (Å²) in [5.74, 6) is -0.616. The lowest BCUT2D eigenvalue weighted by molar-refractivity contribution is -0.149. The zero-order valence-corrected chi connectivity index (χ0v) is 11.3. The van der Waals surface area contributed by atoms with Crippen molar-refractivity contribution < 1.29 is 14.6 Å². The van der Waals surface area contributed by atoms with E-state index in [-0.39, 0.29) is 5.15 Å². The first kappa shape index (κ1) is 13.1. The van der Waals surface area contributed by atoms with Gasteiger partial charge < -0.3 is 9.84 Å². The Bertz CT molecular complexity index is 726. The van der Waals surface area contributed by atoms with Gasteiger partial charge in [-0.2, -0.15) is 0 Å². The molecule has 1 N–H and O–H groups in total. The molecule has 0 spiro atoms. The summed E-state index contributed by atoms with van der Waals surface area (Å²) in [6, 6.07) is 4.93. The van der Waals surface area contributed by atoms with E-state index in [0.29, 0.717) is 21.8 Å². The smallest absolute Gasteiger partial charge is 0.333 e. The Morgan fingerprint density at radius 2 is 2.15 bits per heavy atom. The Morgan fingerprint density at radius 1 is 1.35 bits per heavy atom. The van der Waals surface area contributed by atoms with Crippen LogP contribution in [0.4, 0.5) is 0 Å². The average molecular weight is 312 g/mol. The van der Waals surface area contributed by atoms with Gasteiger partial charge in [-0.15, -0.1) is 5.10 Å². The second-order valence-corrected chi connectivity index (χ2v) is 4.86. The highest BCUT2D eigenvalue weighted by molar-refractivity contribution is 6.31. The van der Waals surface area contributed by atoms with E-state index in [1.165, 1.54) is 17.0 Å². The van der Waals surface area contributed by atoms with Crippen LogP contribution in [0.15, 0.2) is 30.5 Å². The third-order valence-electron chi connectivity index (χ3n) is 2.75. The number of hydrogen-bond donors (Lipinski definition) is 1. The minimum absolute atomic E-state index is 0.221. The molecule has 1 aromatic carbocycles. The fraction of sp³-hybridized carbons (Fsp3) is 0.0833. The van der Waals surface area contributed by atoms with Crippen molar-refractivity contribution >= 4 is 34.7 Å².